The lowest BCUT2D eigenvalue weighted by Gasteiger charge is -2.15. The zero-order valence-electron chi connectivity index (χ0n) is 12.7. The Balaban J connectivity index is 1.75. The van der Waals surface area contributed by atoms with E-state index in [-0.39, 0.29) is 6.61 Å². The molecule has 3 aromatic carbocycles. The molecule has 0 radical (unpaired) electrons. The molecule has 0 aliphatic rings. The van der Waals surface area contributed by atoms with Crippen LogP contribution in [0.1, 0.15) is 11.1 Å². The average molecular weight is 306 g/mol. The molecule has 1 N–H and O–H groups in total. The van der Waals surface area contributed by atoms with E-state index in [1.807, 2.05) is 72.8 Å². The van der Waals surface area contributed by atoms with Gasteiger partial charge in [-0.05, 0) is 21.9 Å². The first-order valence-corrected chi connectivity index (χ1v) is 7.59. The molecule has 0 fully saturated rings. The van der Waals surface area contributed by atoms with Gasteiger partial charge in [0.25, 0.3) is 0 Å². The molecule has 0 saturated carbocycles. The van der Waals surface area contributed by atoms with Crippen molar-refractivity contribution in [1.82, 2.24) is 0 Å². The minimum absolute atomic E-state index is 0.283. The first-order chi connectivity index (χ1) is 11.2. The Labute approximate surface area is 135 Å². The van der Waals surface area contributed by atoms with Gasteiger partial charge in [-0.25, -0.2) is 4.79 Å². The molecule has 1 unspecified atom stereocenters. The summed E-state index contributed by atoms with van der Waals surface area (Å²) in [5, 5.41) is 11.6. The van der Waals surface area contributed by atoms with Crippen molar-refractivity contribution in [2.75, 3.05) is 0 Å². The highest BCUT2D eigenvalue weighted by molar-refractivity contribution is 5.85. The number of hydrogen-bond donors (Lipinski definition) is 1. The standard InChI is InChI=1S/C20H18O3/c21-20(22)19(13-15-7-2-1-3-8-15)23-14-17-11-6-10-16-9-4-5-12-18(16)17/h1-12,19H,13-14H2,(H,21,22). The summed E-state index contributed by atoms with van der Waals surface area (Å²) in [5.41, 5.74) is 1.96. The van der Waals surface area contributed by atoms with Gasteiger partial charge < -0.3 is 9.84 Å². The predicted octanol–water partition coefficient (Wildman–Crippen LogP) is 4.05. The van der Waals surface area contributed by atoms with Crippen molar-refractivity contribution in [2.45, 2.75) is 19.1 Å². The van der Waals surface area contributed by atoms with Crippen molar-refractivity contribution in [3.05, 3.63) is 83.9 Å². The van der Waals surface area contributed by atoms with Crippen LogP contribution in [0.25, 0.3) is 10.8 Å². The second-order valence-electron chi connectivity index (χ2n) is 5.47. The molecular weight excluding hydrogens is 288 g/mol. The summed E-state index contributed by atoms with van der Waals surface area (Å²) in [7, 11) is 0. The highest BCUT2D eigenvalue weighted by Gasteiger charge is 2.19. The number of rotatable bonds is 6. The molecule has 0 spiro atoms. The van der Waals surface area contributed by atoms with E-state index in [0.29, 0.717) is 6.42 Å². The number of carboxylic acid groups (broad SMARTS) is 1. The topological polar surface area (TPSA) is 46.5 Å². The maximum atomic E-state index is 11.5. The Morgan fingerprint density at radius 1 is 0.913 bits per heavy atom. The monoisotopic (exact) mass is 306 g/mol. The molecule has 3 nitrogen and oxygen atoms in total. The fourth-order valence-corrected chi connectivity index (χ4v) is 2.65. The lowest BCUT2D eigenvalue weighted by Crippen LogP contribution is -2.26. The number of carboxylic acids is 1. The molecule has 3 heteroatoms. The van der Waals surface area contributed by atoms with Gasteiger partial charge in [0, 0.05) is 6.42 Å². The average Bonchev–Trinajstić information content (AvgIpc) is 2.59. The normalized spacial score (nSPS) is 12.2. The number of aliphatic carboxylic acids is 1. The molecular formula is C20H18O3. The van der Waals surface area contributed by atoms with Crippen molar-refractivity contribution in [1.29, 1.82) is 0 Å². The van der Waals surface area contributed by atoms with Gasteiger partial charge in [-0.15, -0.1) is 0 Å². The van der Waals surface area contributed by atoms with Crippen molar-refractivity contribution in [2.24, 2.45) is 0 Å². The second-order valence-corrected chi connectivity index (χ2v) is 5.47. The van der Waals surface area contributed by atoms with Gasteiger partial charge in [-0.2, -0.15) is 0 Å². The van der Waals surface area contributed by atoms with Gasteiger partial charge in [0.1, 0.15) is 0 Å². The highest BCUT2D eigenvalue weighted by atomic mass is 16.5. The van der Waals surface area contributed by atoms with Crippen LogP contribution in [0.15, 0.2) is 72.8 Å². The van der Waals surface area contributed by atoms with Crippen molar-refractivity contribution in [3.8, 4) is 0 Å². The summed E-state index contributed by atoms with van der Waals surface area (Å²) in [6.07, 6.45) is -0.489. The second kappa shape index (κ2) is 7.07. The number of carbonyl (C=O) groups is 1. The molecule has 23 heavy (non-hydrogen) atoms. The minimum atomic E-state index is -0.936. The van der Waals surface area contributed by atoms with Crippen LogP contribution >= 0.6 is 0 Å². The zero-order chi connectivity index (χ0) is 16.1. The van der Waals surface area contributed by atoms with E-state index in [1.165, 1.54) is 0 Å². The van der Waals surface area contributed by atoms with Crippen LogP contribution in [0.3, 0.4) is 0 Å². The van der Waals surface area contributed by atoms with Crippen LogP contribution in [0.4, 0.5) is 0 Å². The van der Waals surface area contributed by atoms with Crippen LogP contribution in [0, 0.1) is 0 Å². The third-order valence-corrected chi connectivity index (χ3v) is 3.86. The molecule has 0 aliphatic carbocycles. The molecule has 0 amide bonds. The van der Waals surface area contributed by atoms with E-state index < -0.39 is 12.1 Å². The fourth-order valence-electron chi connectivity index (χ4n) is 2.65. The lowest BCUT2D eigenvalue weighted by molar-refractivity contribution is -0.151. The van der Waals surface area contributed by atoms with Crippen LogP contribution < -0.4 is 0 Å². The Morgan fingerprint density at radius 2 is 1.61 bits per heavy atom. The van der Waals surface area contributed by atoms with Gasteiger partial charge in [-0.3, -0.25) is 0 Å². The predicted molar refractivity (Wildman–Crippen MR) is 90.3 cm³/mol. The molecule has 0 saturated heterocycles. The summed E-state index contributed by atoms with van der Waals surface area (Å²) >= 11 is 0. The van der Waals surface area contributed by atoms with E-state index in [1.54, 1.807) is 0 Å². The van der Waals surface area contributed by atoms with Gasteiger partial charge in [0.15, 0.2) is 6.10 Å². The quantitative estimate of drug-likeness (QED) is 0.747. The molecule has 0 heterocycles. The number of ether oxygens (including phenoxy) is 1. The first kappa shape index (κ1) is 15.3. The summed E-state index contributed by atoms with van der Waals surface area (Å²) in [5.74, 6) is -0.936. The fraction of sp³-hybridized carbons (Fsp3) is 0.150. The SMILES string of the molecule is O=C(O)C(Cc1ccccc1)OCc1cccc2ccccc12. The van der Waals surface area contributed by atoms with Crippen molar-refractivity contribution >= 4 is 16.7 Å². The molecule has 116 valence electrons. The minimum Gasteiger partial charge on any atom is -0.479 e. The first-order valence-electron chi connectivity index (χ1n) is 7.59. The third kappa shape index (κ3) is 3.76. The van der Waals surface area contributed by atoms with Crippen LogP contribution in [-0.2, 0) is 22.6 Å². The summed E-state index contributed by atoms with van der Waals surface area (Å²) in [6, 6.07) is 23.6. The summed E-state index contributed by atoms with van der Waals surface area (Å²) in [6.45, 7) is 0.283. The van der Waals surface area contributed by atoms with E-state index in [2.05, 4.69) is 0 Å². The van der Waals surface area contributed by atoms with Gasteiger partial charge >= 0.3 is 5.97 Å². The number of hydrogen-bond acceptors (Lipinski definition) is 2. The van der Waals surface area contributed by atoms with E-state index in [4.69, 9.17) is 4.74 Å². The molecule has 3 rings (SSSR count). The van der Waals surface area contributed by atoms with Crippen LogP contribution in [0.2, 0.25) is 0 Å². The Kier molecular flexibility index (Phi) is 4.69. The Morgan fingerprint density at radius 3 is 2.39 bits per heavy atom. The van der Waals surface area contributed by atoms with Gasteiger partial charge in [0.05, 0.1) is 6.61 Å². The maximum Gasteiger partial charge on any atom is 0.333 e. The van der Waals surface area contributed by atoms with Crippen LogP contribution in [-0.4, -0.2) is 17.2 Å². The number of fused-ring (bicyclic) bond motifs is 1. The molecule has 0 aliphatic heterocycles. The van der Waals surface area contributed by atoms with Crippen molar-refractivity contribution in [3.63, 3.8) is 0 Å². The van der Waals surface area contributed by atoms with Gasteiger partial charge in [0.2, 0.25) is 0 Å². The Hall–Kier alpha value is -2.65. The molecule has 3 aromatic rings. The lowest BCUT2D eigenvalue weighted by atomic mass is 10.0. The Bertz CT molecular complexity index is 791. The largest absolute Gasteiger partial charge is 0.479 e. The maximum absolute atomic E-state index is 11.5. The number of benzene rings is 3. The zero-order valence-corrected chi connectivity index (χ0v) is 12.7. The summed E-state index contributed by atoms with van der Waals surface area (Å²) < 4.78 is 5.70. The van der Waals surface area contributed by atoms with E-state index in [0.717, 1.165) is 21.9 Å². The van der Waals surface area contributed by atoms with Crippen LogP contribution in [0.5, 0.6) is 0 Å². The van der Waals surface area contributed by atoms with Gasteiger partial charge in [-0.1, -0.05) is 72.8 Å². The third-order valence-electron chi connectivity index (χ3n) is 3.86. The molecule has 0 aromatic heterocycles. The van der Waals surface area contributed by atoms with E-state index >= 15 is 0 Å². The molecule has 0 bridgehead atoms. The smallest absolute Gasteiger partial charge is 0.333 e. The highest BCUT2D eigenvalue weighted by Crippen LogP contribution is 2.20. The van der Waals surface area contributed by atoms with Crippen molar-refractivity contribution < 1.29 is 14.6 Å². The molecule has 1 atom stereocenters. The van der Waals surface area contributed by atoms with E-state index in [9.17, 15) is 9.90 Å². The summed E-state index contributed by atoms with van der Waals surface area (Å²) in [4.78, 5) is 11.5.